The Bertz CT molecular complexity index is 970. The van der Waals surface area contributed by atoms with Crippen LogP contribution in [0, 0.1) is 26.7 Å². The fourth-order valence-corrected chi connectivity index (χ4v) is 3.54. The van der Waals surface area contributed by atoms with E-state index >= 15 is 0 Å². The second kappa shape index (κ2) is 13.7. The van der Waals surface area contributed by atoms with Crippen LogP contribution < -0.4 is 9.47 Å². The zero-order chi connectivity index (χ0) is 26.0. The van der Waals surface area contributed by atoms with Gasteiger partial charge in [0.05, 0.1) is 6.54 Å². The summed E-state index contributed by atoms with van der Waals surface area (Å²) >= 11 is 0. The Morgan fingerprint density at radius 1 is 0.971 bits per heavy atom. The Kier molecular flexibility index (Phi) is 11.1. The number of nitrogens with zero attached hydrogens (tertiary/aromatic N) is 1. The SMILES string of the molecule is CCOC(Cc1ccc(OCCN(CCC(C)C)C(=O)Oc2cc(C)c(C)cc2C)cc1)C(=O)O. The number of amides is 1. The molecule has 0 aliphatic carbocycles. The van der Waals surface area contributed by atoms with Crippen LogP contribution in [-0.2, 0) is 16.0 Å². The Morgan fingerprint density at radius 2 is 1.63 bits per heavy atom. The molecular weight excluding hydrogens is 446 g/mol. The van der Waals surface area contributed by atoms with Crippen molar-refractivity contribution in [2.45, 2.75) is 60.5 Å². The zero-order valence-corrected chi connectivity index (χ0v) is 21.8. The molecular formula is C28H39NO6. The lowest BCUT2D eigenvalue weighted by Crippen LogP contribution is -2.38. The third-order valence-corrected chi connectivity index (χ3v) is 5.84. The number of benzene rings is 2. The third kappa shape index (κ3) is 9.25. The van der Waals surface area contributed by atoms with Gasteiger partial charge in [-0.2, -0.15) is 0 Å². The monoisotopic (exact) mass is 485 g/mol. The maximum absolute atomic E-state index is 13.0. The predicted molar refractivity (Wildman–Crippen MR) is 136 cm³/mol. The number of carboxylic acid groups (broad SMARTS) is 1. The van der Waals surface area contributed by atoms with Gasteiger partial charge in [-0.3, -0.25) is 0 Å². The first-order valence-electron chi connectivity index (χ1n) is 12.2. The molecule has 0 aromatic heterocycles. The van der Waals surface area contributed by atoms with Crippen molar-refractivity contribution in [1.82, 2.24) is 4.90 Å². The molecule has 0 fully saturated rings. The topological polar surface area (TPSA) is 85.3 Å². The Hall–Kier alpha value is -3.06. The number of rotatable bonds is 13. The molecule has 0 spiro atoms. The first-order valence-corrected chi connectivity index (χ1v) is 12.2. The molecule has 0 aliphatic rings. The number of hydrogen-bond donors (Lipinski definition) is 1. The Morgan fingerprint density at radius 3 is 2.23 bits per heavy atom. The van der Waals surface area contributed by atoms with E-state index in [4.69, 9.17) is 14.2 Å². The largest absolute Gasteiger partial charge is 0.492 e. The summed E-state index contributed by atoms with van der Waals surface area (Å²) in [6.45, 7) is 13.6. The summed E-state index contributed by atoms with van der Waals surface area (Å²) in [5.41, 5.74) is 4.02. The molecule has 1 amide bonds. The molecule has 1 N–H and O–H groups in total. The molecule has 1 atom stereocenters. The van der Waals surface area contributed by atoms with E-state index in [1.165, 1.54) is 0 Å². The lowest BCUT2D eigenvalue weighted by atomic mass is 10.1. The second-order valence-electron chi connectivity index (χ2n) is 9.22. The van der Waals surface area contributed by atoms with Crippen molar-refractivity contribution in [2.24, 2.45) is 5.92 Å². The van der Waals surface area contributed by atoms with Crippen molar-refractivity contribution in [3.05, 3.63) is 58.7 Å². The zero-order valence-electron chi connectivity index (χ0n) is 21.8. The van der Waals surface area contributed by atoms with Crippen LogP contribution >= 0.6 is 0 Å². The van der Waals surface area contributed by atoms with E-state index in [1.54, 1.807) is 24.0 Å². The van der Waals surface area contributed by atoms with E-state index in [1.807, 2.05) is 45.0 Å². The molecule has 0 saturated carbocycles. The summed E-state index contributed by atoms with van der Waals surface area (Å²) in [6.07, 6.45) is -0.101. The minimum absolute atomic E-state index is 0.288. The average Bonchev–Trinajstić information content (AvgIpc) is 2.80. The van der Waals surface area contributed by atoms with Gasteiger partial charge in [0.1, 0.15) is 18.1 Å². The highest BCUT2D eigenvalue weighted by molar-refractivity contribution is 5.73. The molecule has 35 heavy (non-hydrogen) atoms. The van der Waals surface area contributed by atoms with Gasteiger partial charge in [-0.1, -0.05) is 32.0 Å². The highest BCUT2D eigenvalue weighted by Gasteiger charge is 2.19. The van der Waals surface area contributed by atoms with Gasteiger partial charge in [-0.25, -0.2) is 9.59 Å². The van der Waals surface area contributed by atoms with Gasteiger partial charge in [0.15, 0.2) is 6.10 Å². The van der Waals surface area contributed by atoms with Crippen LogP contribution in [-0.4, -0.2) is 54.5 Å². The molecule has 0 bridgehead atoms. The lowest BCUT2D eigenvalue weighted by molar-refractivity contribution is -0.149. The van der Waals surface area contributed by atoms with Crippen LogP contribution in [0.3, 0.4) is 0 Å². The van der Waals surface area contributed by atoms with Crippen molar-refractivity contribution in [1.29, 1.82) is 0 Å². The van der Waals surface area contributed by atoms with Crippen molar-refractivity contribution in [3.63, 3.8) is 0 Å². The van der Waals surface area contributed by atoms with Crippen molar-refractivity contribution >= 4 is 12.1 Å². The highest BCUT2D eigenvalue weighted by Crippen LogP contribution is 2.23. The number of carbonyl (C=O) groups is 2. The minimum Gasteiger partial charge on any atom is -0.492 e. The van der Waals surface area contributed by atoms with Gasteiger partial charge in [-0.05, 0) is 80.5 Å². The van der Waals surface area contributed by atoms with Gasteiger partial charge in [0.2, 0.25) is 0 Å². The molecule has 2 rings (SSSR count). The average molecular weight is 486 g/mol. The number of hydrogen-bond acceptors (Lipinski definition) is 5. The van der Waals surface area contributed by atoms with Crippen LogP contribution in [0.25, 0.3) is 0 Å². The van der Waals surface area contributed by atoms with Gasteiger partial charge in [-0.15, -0.1) is 0 Å². The van der Waals surface area contributed by atoms with Gasteiger partial charge in [0, 0.05) is 19.6 Å². The summed E-state index contributed by atoms with van der Waals surface area (Å²) in [4.78, 5) is 25.9. The molecule has 192 valence electrons. The predicted octanol–water partition coefficient (Wildman–Crippen LogP) is 5.57. The minimum atomic E-state index is -0.975. The summed E-state index contributed by atoms with van der Waals surface area (Å²) in [5.74, 6) is 0.708. The fraction of sp³-hybridized carbons (Fsp3) is 0.500. The molecule has 2 aromatic rings. The van der Waals surface area contributed by atoms with Crippen molar-refractivity contribution in [2.75, 3.05) is 26.3 Å². The Labute approximate surface area is 209 Å². The lowest BCUT2D eigenvalue weighted by Gasteiger charge is -2.23. The smallest absolute Gasteiger partial charge is 0.415 e. The number of carbonyl (C=O) groups excluding carboxylic acids is 1. The second-order valence-corrected chi connectivity index (χ2v) is 9.22. The molecule has 0 heterocycles. The Balaban J connectivity index is 1.97. The summed E-state index contributed by atoms with van der Waals surface area (Å²) < 4.78 is 16.9. The molecule has 0 aliphatic heterocycles. The number of aliphatic carboxylic acids is 1. The first kappa shape index (κ1) is 28.2. The van der Waals surface area contributed by atoms with Crippen LogP contribution in [0.15, 0.2) is 36.4 Å². The van der Waals surface area contributed by atoms with E-state index in [-0.39, 0.29) is 12.5 Å². The van der Waals surface area contributed by atoms with E-state index in [2.05, 4.69) is 13.8 Å². The van der Waals surface area contributed by atoms with Crippen LogP contribution in [0.5, 0.6) is 11.5 Å². The highest BCUT2D eigenvalue weighted by atomic mass is 16.6. The van der Waals surface area contributed by atoms with E-state index < -0.39 is 12.1 Å². The van der Waals surface area contributed by atoms with Gasteiger partial charge in [0.25, 0.3) is 0 Å². The van der Waals surface area contributed by atoms with Crippen LogP contribution in [0.2, 0.25) is 0 Å². The fourth-order valence-electron chi connectivity index (χ4n) is 3.54. The number of aryl methyl sites for hydroxylation is 3. The molecule has 1 unspecified atom stereocenters. The molecule has 7 nitrogen and oxygen atoms in total. The van der Waals surface area contributed by atoms with E-state index in [0.717, 1.165) is 28.7 Å². The molecule has 0 radical (unpaired) electrons. The van der Waals surface area contributed by atoms with Crippen molar-refractivity contribution < 1.29 is 28.9 Å². The molecule has 0 saturated heterocycles. The number of ether oxygens (including phenoxy) is 3. The van der Waals surface area contributed by atoms with E-state index in [9.17, 15) is 14.7 Å². The van der Waals surface area contributed by atoms with Crippen LogP contribution in [0.1, 0.15) is 49.4 Å². The third-order valence-electron chi connectivity index (χ3n) is 5.84. The molecule has 7 heteroatoms. The maximum atomic E-state index is 13.0. The number of carboxylic acids is 1. The summed E-state index contributed by atoms with van der Waals surface area (Å²) in [7, 11) is 0. The van der Waals surface area contributed by atoms with Crippen molar-refractivity contribution in [3.8, 4) is 11.5 Å². The van der Waals surface area contributed by atoms with Gasteiger partial charge >= 0.3 is 12.1 Å². The molecule has 2 aromatic carbocycles. The summed E-state index contributed by atoms with van der Waals surface area (Å²) in [6, 6.07) is 11.2. The normalized spacial score (nSPS) is 11.9. The quantitative estimate of drug-likeness (QED) is 0.399. The van der Waals surface area contributed by atoms with E-state index in [0.29, 0.717) is 43.7 Å². The summed E-state index contributed by atoms with van der Waals surface area (Å²) in [5, 5.41) is 9.25. The maximum Gasteiger partial charge on any atom is 0.415 e. The first-order chi connectivity index (χ1) is 16.6. The van der Waals surface area contributed by atoms with Gasteiger partial charge < -0.3 is 24.2 Å². The van der Waals surface area contributed by atoms with Crippen LogP contribution in [0.4, 0.5) is 4.79 Å². The standard InChI is InChI=1S/C28H39NO6/c1-7-33-26(27(30)31)18-23-8-10-24(11-9-23)34-15-14-29(13-12-19(2)3)28(32)35-25-17-21(5)20(4)16-22(25)6/h8-11,16-17,19,26H,7,12-15,18H2,1-6H3,(H,30,31).